The third-order valence-electron chi connectivity index (χ3n) is 13.7. The summed E-state index contributed by atoms with van der Waals surface area (Å²) in [5.41, 5.74) is 17.5. The van der Waals surface area contributed by atoms with Gasteiger partial charge in [0, 0.05) is 60.4 Å². The van der Waals surface area contributed by atoms with E-state index in [-0.39, 0.29) is 0 Å². The van der Waals surface area contributed by atoms with Crippen LogP contribution in [-0.4, -0.2) is 19.1 Å². The molecule has 0 fully saturated rings. The molecule has 14 aromatic rings. The summed E-state index contributed by atoms with van der Waals surface area (Å²) in [5.74, 6) is 0.630. The molecule has 0 spiro atoms. The molecule has 0 bridgehead atoms. The van der Waals surface area contributed by atoms with Gasteiger partial charge in [-0.1, -0.05) is 152 Å². The van der Waals surface area contributed by atoms with Crippen LogP contribution in [0.2, 0.25) is 0 Å². The van der Waals surface area contributed by atoms with Crippen LogP contribution in [0.1, 0.15) is 0 Å². The summed E-state index contributed by atoms with van der Waals surface area (Å²) in [4.78, 5) is 11.0. The summed E-state index contributed by atoms with van der Waals surface area (Å²) in [6.45, 7) is 0. The summed E-state index contributed by atoms with van der Waals surface area (Å²) in [7, 11) is 0. The molecule has 0 aliphatic rings. The van der Waals surface area contributed by atoms with Crippen LogP contribution in [0.15, 0.2) is 247 Å². The van der Waals surface area contributed by atoms with Gasteiger partial charge in [-0.2, -0.15) is 0 Å². The van der Waals surface area contributed by atoms with E-state index >= 15 is 0 Å². The lowest BCUT2D eigenvalue weighted by molar-refractivity contribution is 0.669. The molecule has 5 heteroatoms. The van der Waals surface area contributed by atoms with Crippen molar-refractivity contribution in [1.82, 2.24) is 19.1 Å². The van der Waals surface area contributed by atoms with Crippen molar-refractivity contribution in [3.05, 3.63) is 243 Å². The lowest BCUT2D eigenvalue weighted by Gasteiger charge is -2.15. The lowest BCUT2D eigenvalue weighted by atomic mass is 9.92. The van der Waals surface area contributed by atoms with Crippen molar-refractivity contribution in [3.63, 3.8) is 0 Å². The third-order valence-corrected chi connectivity index (χ3v) is 13.7. The minimum Gasteiger partial charge on any atom is -0.456 e. The first-order valence-electron chi connectivity index (χ1n) is 23.4. The van der Waals surface area contributed by atoms with E-state index < -0.39 is 0 Å². The van der Waals surface area contributed by atoms with Gasteiger partial charge in [0.15, 0.2) is 5.82 Å². The van der Waals surface area contributed by atoms with Crippen LogP contribution in [0.4, 0.5) is 0 Å². The maximum absolute atomic E-state index is 6.82. The number of nitrogens with zero attached hydrogens (tertiary/aromatic N) is 4. The fourth-order valence-corrected chi connectivity index (χ4v) is 10.6. The van der Waals surface area contributed by atoms with Gasteiger partial charge in [0.05, 0.1) is 33.5 Å². The van der Waals surface area contributed by atoms with E-state index in [9.17, 15) is 0 Å². The average Bonchev–Trinajstić information content (AvgIpc) is 4.08. The number of aromatic nitrogens is 4. The van der Waals surface area contributed by atoms with Crippen LogP contribution in [0, 0.1) is 0 Å². The number of para-hydroxylation sites is 4. The first-order chi connectivity index (χ1) is 34.2. The second kappa shape index (κ2) is 15.7. The molecule has 0 atom stereocenters. The summed E-state index contributed by atoms with van der Waals surface area (Å²) >= 11 is 0. The van der Waals surface area contributed by atoms with E-state index in [2.05, 4.69) is 240 Å². The highest BCUT2D eigenvalue weighted by Gasteiger charge is 2.24. The van der Waals surface area contributed by atoms with Gasteiger partial charge in [0.2, 0.25) is 0 Å². The zero-order valence-corrected chi connectivity index (χ0v) is 37.3. The largest absolute Gasteiger partial charge is 0.456 e. The van der Waals surface area contributed by atoms with Crippen LogP contribution in [0.25, 0.3) is 133 Å². The molecule has 4 heterocycles. The predicted molar refractivity (Wildman–Crippen MR) is 285 cm³/mol. The predicted octanol–water partition coefficient (Wildman–Crippen LogP) is 16.9. The van der Waals surface area contributed by atoms with Gasteiger partial charge in [-0.25, -0.2) is 9.97 Å². The molecule has 0 aliphatic heterocycles. The highest BCUT2D eigenvalue weighted by atomic mass is 16.3. The summed E-state index contributed by atoms with van der Waals surface area (Å²) in [5, 5.41) is 6.76. The number of hydrogen-bond donors (Lipinski definition) is 0. The highest BCUT2D eigenvalue weighted by molar-refractivity contribution is 6.18. The van der Waals surface area contributed by atoms with E-state index in [0.717, 1.165) is 94.7 Å². The summed E-state index contributed by atoms with van der Waals surface area (Å²) in [6.07, 6.45) is 0. The number of rotatable bonds is 7. The normalized spacial score (nSPS) is 11.8. The van der Waals surface area contributed by atoms with Crippen LogP contribution in [0.5, 0.6) is 0 Å². The van der Waals surface area contributed by atoms with Crippen LogP contribution >= 0.6 is 0 Å². The third kappa shape index (κ3) is 6.32. The molecule has 10 aromatic carbocycles. The molecule has 322 valence electrons. The first-order valence-corrected chi connectivity index (χ1v) is 23.4. The summed E-state index contributed by atoms with van der Waals surface area (Å²) < 4.78 is 11.5. The first kappa shape index (κ1) is 38.9. The molecule has 0 unspecified atom stereocenters. The molecule has 0 amide bonds. The maximum Gasteiger partial charge on any atom is 0.161 e. The minimum absolute atomic E-state index is 0.630. The molecule has 0 saturated carbocycles. The Morgan fingerprint density at radius 3 is 1.30 bits per heavy atom. The van der Waals surface area contributed by atoms with E-state index in [0.29, 0.717) is 5.82 Å². The van der Waals surface area contributed by atoms with Gasteiger partial charge in [0.1, 0.15) is 11.2 Å². The monoisotopic (exact) mass is 880 g/mol. The van der Waals surface area contributed by atoms with Gasteiger partial charge in [0.25, 0.3) is 0 Å². The number of fused-ring (bicyclic) bond motifs is 9. The Balaban J connectivity index is 1.04. The van der Waals surface area contributed by atoms with E-state index in [4.69, 9.17) is 14.4 Å². The Labute approximate surface area is 397 Å². The minimum atomic E-state index is 0.630. The van der Waals surface area contributed by atoms with Crippen LogP contribution < -0.4 is 0 Å². The van der Waals surface area contributed by atoms with Crippen molar-refractivity contribution in [1.29, 1.82) is 0 Å². The maximum atomic E-state index is 6.82. The molecule has 69 heavy (non-hydrogen) atoms. The molecular weight excluding hydrogens is 841 g/mol. The van der Waals surface area contributed by atoms with Gasteiger partial charge in [-0.15, -0.1) is 0 Å². The Morgan fingerprint density at radius 1 is 0.304 bits per heavy atom. The fourth-order valence-electron chi connectivity index (χ4n) is 10.6. The highest BCUT2D eigenvalue weighted by Crippen LogP contribution is 2.46. The SMILES string of the molecule is c1ccc(-c2cc(-c3ccccc3)nc(-c3c(-c4ccc5c(c4)c4ccccc4n5-c4ccccc4)ccc4oc5ccc(-c6ccc7c(c6)c6ccccc6n7-c6ccccc6)cc5c34)n2)cc1. The van der Waals surface area contributed by atoms with Crippen molar-refractivity contribution in [2.24, 2.45) is 0 Å². The Kier molecular flexibility index (Phi) is 8.83. The van der Waals surface area contributed by atoms with Gasteiger partial charge in [-0.05, 0) is 113 Å². The molecule has 14 rings (SSSR count). The van der Waals surface area contributed by atoms with E-state index in [1.54, 1.807) is 0 Å². The van der Waals surface area contributed by atoms with Crippen molar-refractivity contribution in [3.8, 4) is 67.5 Å². The molecule has 0 aliphatic carbocycles. The Bertz CT molecular complexity index is 4230. The van der Waals surface area contributed by atoms with Gasteiger partial charge >= 0.3 is 0 Å². The van der Waals surface area contributed by atoms with E-state index in [1.165, 1.54) is 32.6 Å². The van der Waals surface area contributed by atoms with Gasteiger partial charge < -0.3 is 13.6 Å². The topological polar surface area (TPSA) is 48.8 Å². The second-order valence-corrected chi connectivity index (χ2v) is 17.7. The summed E-state index contributed by atoms with van der Waals surface area (Å²) in [6, 6.07) is 86.1. The molecule has 0 N–H and O–H groups in total. The Hall–Kier alpha value is -9.32. The van der Waals surface area contributed by atoms with Crippen LogP contribution in [0.3, 0.4) is 0 Å². The van der Waals surface area contributed by atoms with E-state index in [1.807, 2.05) is 12.1 Å². The Morgan fingerprint density at radius 2 is 0.739 bits per heavy atom. The molecule has 4 aromatic heterocycles. The molecule has 0 saturated heterocycles. The standard InChI is InChI=1S/C64H40N4O/c1-5-17-41(18-6-1)54-40-55(42-19-7-2-8-20-42)66-64(65-54)63-48(45-30-34-59-52(39-45)50-26-14-16-28-57(50)68(59)47-23-11-4-12-24-47)32-36-61-62(63)53-38-44(31-35-60(53)69-61)43-29-33-58-51(37-43)49-25-13-15-27-56(49)67(58)46-21-9-3-10-22-46/h1-40H. The van der Waals surface area contributed by atoms with Gasteiger partial charge in [-0.3, -0.25) is 0 Å². The average molecular weight is 881 g/mol. The number of hydrogen-bond acceptors (Lipinski definition) is 3. The zero-order valence-electron chi connectivity index (χ0n) is 37.3. The second-order valence-electron chi connectivity index (χ2n) is 17.7. The smallest absolute Gasteiger partial charge is 0.161 e. The number of benzene rings is 10. The number of furan rings is 1. The molecular formula is C64H40N4O. The van der Waals surface area contributed by atoms with Crippen molar-refractivity contribution in [2.45, 2.75) is 0 Å². The van der Waals surface area contributed by atoms with Crippen molar-refractivity contribution < 1.29 is 4.42 Å². The molecule has 5 nitrogen and oxygen atoms in total. The van der Waals surface area contributed by atoms with Crippen molar-refractivity contribution in [2.75, 3.05) is 0 Å². The quantitative estimate of drug-likeness (QED) is 0.160. The fraction of sp³-hybridized carbons (Fsp3) is 0. The molecule has 0 radical (unpaired) electrons. The van der Waals surface area contributed by atoms with Crippen molar-refractivity contribution >= 4 is 65.6 Å². The lowest BCUT2D eigenvalue weighted by Crippen LogP contribution is -1.98. The zero-order chi connectivity index (χ0) is 45.4. The van der Waals surface area contributed by atoms with Crippen LogP contribution in [-0.2, 0) is 0 Å².